The van der Waals surface area contributed by atoms with Crippen molar-refractivity contribution in [2.45, 2.75) is 19.3 Å². The van der Waals surface area contributed by atoms with E-state index in [1.165, 1.54) is 11.1 Å². The fraction of sp³-hybridized carbons (Fsp3) is 0.308. The lowest BCUT2D eigenvalue weighted by Gasteiger charge is -2.13. The minimum absolute atomic E-state index is 0.271. The summed E-state index contributed by atoms with van der Waals surface area (Å²) >= 11 is 0. The van der Waals surface area contributed by atoms with Crippen molar-refractivity contribution in [2.24, 2.45) is 5.92 Å². The van der Waals surface area contributed by atoms with Crippen molar-refractivity contribution in [3.63, 3.8) is 0 Å². The normalized spacial score (nSPS) is 19.9. The number of carbonyl (C=O) groups is 1. The Kier molecular flexibility index (Phi) is 2.58. The molecule has 0 aromatic heterocycles. The molecule has 0 radical (unpaired) electrons. The van der Waals surface area contributed by atoms with Crippen LogP contribution in [0.3, 0.4) is 0 Å². The third-order valence-corrected chi connectivity index (χ3v) is 2.93. The first-order chi connectivity index (χ1) is 7.18. The van der Waals surface area contributed by atoms with Gasteiger partial charge in [0.1, 0.15) is 0 Å². The van der Waals surface area contributed by atoms with E-state index in [4.69, 9.17) is 5.11 Å². The van der Waals surface area contributed by atoms with Gasteiger partial charge in [0.05, 0.1) is 5.92 Å². The number of benzene rings is 1. The highest BCUT2D eigenvalue weighted by Gasteiger charge is 2.21. The average molecular weight is 202 g/mol. The molecule has 78 valence electrons. The molecule has 0 spiro atoms. The van der Waals surface area contributed by atoms with Gasteiger partial charge in [-0.15, -0.1) is 0 Å². The van der Waals surface area contributed by atoms with E-state index in [2.05, 4.69) is 24.3 Å². The van der Waals surface area contributed by atoms with Crippen molar-refractivity contribution in [3.05, 3.63) is 41.5 Å². The van der Waals surface area contributed by atoms with Crippen LogP contribution in [0.25, 0.3) is 6.08 Å². The molecular weight excluding hydrogens is 188 g/mol. The molecular formula is C13H14O2. The van der Waals surface area contributed by atoms with Crippen molar-refractivity contribution < 1.29 is 9.90 Å². The third-order valence-electron chi connectivity index (χ3n) is 2.93. The third kappa shape index (κ3) is 1.94. The fourth-order valence-electron chi connectivity index (χ4n) is 2.01. The number of hydrogen-bond acceptors (Lipinski definition) is 1. The first-order valence-electron chi connectivity index (χ1n) is 5.18. The molecule has 1 aliphatic carbocycles. The number of allylic oxidation sites excluding steroid dienone is 1. The molecule has 0 amide bonds. The zero-order valence-corrected chi connectivity index (χ0v) is 8.68. The van der Waals surface area contributed by atoms with E-state index >= 15 is 0 Å². The lowest BCUT2D eigenvalue weighted by molar-refractivity contribution is -0.141. The van der Waals surface area contributed by atoms with E-state index in [0.717, 1.165) is 0 Å². The van der Waals surface area contributed by atoms with Gasteiger partial charge in [0.25, 0.3) is 0 Å². The Morgan fingerprint density at radius 2 is 2.20 bits per heavy atom. The molecule has 0 fully saturated rings. The minimum Gasteiger partial charge on any atom is -0.481 e. The molecule has 1 aliphatic rings. The van der Waals surface area contributed by atoms with Crippen LogP contribution in [-0.2, 0) is 4.79 Å². The quantitative estimate of drug-likeness (QED) is 0.818. The summed E-state index contributed by atoms with van der Waals surface area (Å²) in [5, 5.41) is 8.87. The number of carboxylic acid groups (broad SMARTS) is 1. The molecule has 1 aromatic carbocycles. The van der Waals surface area contributed by atoms with Crippen LogP contribution in [-0.4, -0.2) is 11.1 Å². The maximum atomic E-state index is 10.8. The van der Waals surface area contributed by atoms with E-state index in [-0.39, 0.29) is 11.8 Å². The van der Waals surface area contributed by atoms with Gasteiger partial charge in [-0.3, -0.25) is 4.79 Å². The SMILES string of the molecule is CC(CC1C=Cc2ccccc21)C(=O)O. The molecule has 1 N–H and O–H groups in total. The summed E-state index contributed by atoms with van der Waals surface area (Å²) in [7, 11) is 0. The number of rotatable bonds is 3. The van der Waals surface area contributed by atoms with Crippen molar-refractivity contribution >= 4 is 12.0 Å². The summed E-state index contributed by atoms with van der Waals surface area (Å²) in [5.74, 6) is -0.731. The van der Waals surface area contributed by atoms with Crippen molar-refractivity contribution in [3.8, 4) is 0 Å². The summed E-state index contributed by atoms with van der Waals surface area (Å²) < 4.78 is 0. The molecule has 0 saturated carbocycles. The highest BCUT2D eigenvalue weighted by Crippen LogP contribution is 2.34. The van der Waals surface area contributed by atoms with Crippen LogP contribution in [0.1, 0.15) is 30.4 Å². The summed E-state index contributed by atoms with van der Waals surface area (Å²) in [4.78, 5) is 10.8. The van der Waals surface area contributed by atoms with Crippen LogP contribution >= 0.6 is 0 Å². The molecule has 2 unspecified atom stereocenters. The predicted molar refractivity (Wildman–Crippen MR) is 59.6 cm³/mol. The van der Waals surface area contributed by atoms with E-state index < -0.39 is 5.97 Å². The van der Waals surface area contributed by atoms with Gasteiger partial charge in [-0.2, -0.15) is 0 Å². The number of carboxylic acids is 1. The smallest absolute Gasteiger partial charge is 0.306 e. The van der Waals surface area contributed by atoms with Gasteiger partial charge in [-0.25, -0.2) is 0 Å². The van der Waals surface area contributed by atoms with Gasteiger partial charge in [-0.1, -0.05) is 43.3 Å². The van der Waals surface area contributed by atoms with Gasteiger partial charge < -0.3 is 5.11 Å². The lowest BCUT2D eigenvalue weighted by Crippen LogP contribution is -2.12. The first-order valence-corrected chi connectivity index (χ1v) is 5.18. The van der Waals surface area contributed by atoms with E-state index in [9.17, 15) is 4.79 Å². The van der Waals surface area contributed by atoms with Gasteiger partial charge in [-0.05, 0) is 17.5 Å². The van der Waals surface area contributed by atoms with Crippen molar-refractivity contribution in [1.29, 1.82) is 0 Å². The molecule has 0 heterocycles. The second kappa shape index (κ2) is 3.89. The minimum atomic E-state index is -0.715. The number of fused-ring (bicyclic) bond motifs is 1. The predicted octanol–water partition coefficient (Wildman–Crippen LogP) is 2.91. The topological polar surface area (TPSA) is 37.3 Å². The van der Waals surface area contributed by atoms with Crippen molar-refractivity contribution in [1.82, 2.24) is 0 Å². The Bertz CT molecular complexity index is 407. The summed E-state index contributed by atoms with van der Waals surface area (Å²) in [6, 6.07) is 8.16. The first kappa shape index (κ1) is 9.97. The monoisotopic (exact) mass is 202 g/mol. The zero-order chi connectivity index (χ0) is 10.8. The standard InChI is InChI=1S/C13H14O2/c1-9(13(14)15)8-11-7-6-10-4-2-3-5-12(10)11/h2-7,9,11H,8H2,1H3,(H,14,15). The maximum absolute atomic E-state index is 10.8. The van der Waals surface area contributed by atoms with E-state index in [0.29, 0.717) is 6.42 Å². The Hall–Kier alpha value is -1.57. The fourth-order valence-corrected chi connectivity index (χ4v) is 2.01. The lowest BCUT2D eigenvalue weighted by atomic mass is 9.91. The second-order valence-electron chi connectivity index (χ2n) is 4.07. The van der Waals surface area contributed by atoms with Gasteiger partial charge in [0, 0.05) is 5.92 Å². The van der Waals surface area contributed by atoms with Crippen LogP contribution in [0, 0.1) is 5.92 Å². The Morgan fingerprint density at radius 1 is 1.47 bits per heavy atom. The molecule has 2 heteroatoms. The molecule has 0 aliphatic heterocycles. The summed E-state index contributed by atoms with van der Waals surface area (Å²) in [6.45, 7) is 1.76. The molecule has 2 atom stereocenters. The highest BCUT2D eigenvalue weighted by atomic mass is 16.4. The van der Waals surface area contributed by atoms with Gasteiger partial charge in [0.15, 0.2) is 0 Å². The van der Waals surface area contributed by atoms with Gasteiger partial charge >= 0.3 is 5.97 Å². The highest BCUT2D eigenvalue weighted by molar-refractivity contribution is 5.70. The van der Waals surface area contributed by atoms with Crippen LogP contribution in [0.4, 0.5) is 0 Å². The number of aliphatic carboxylic acids is 1. The number of hydrogen-bond donors (Lipinski definition) is 1. The largest absolute Gasteiger partial charge is 0.481 e. The average Bonchev–Trinajstić information content (AvgIpc) is 2.62. The van der Waals surface area contributed by atoms with Gasteiger partial charge in [0.2, 0.25) is 0 Å². The maximum Gasteiger partial charge on any atom is 0.306 e. The second-order valence-corrected chi connectivity index (χ2v) is 4.07. The zero-order valence-electron chi connectivity index (χ0n) is 8.68. The van der Waals surface area contributed by atoms with E-state index in [1.54, 1.807) is 6.92 Å². The van der Waals surface area contributed by atoms with Crippen LogP contribution in [0.2, 0.25) is 0 Å². The molecule has 2 nitrogen and oxygen atoms in total. The van der Waals surface area contributed by atoms with Crippen LogP contribution in [0.5, 0.6) is 0 Å². The van der Waals surface area contributed by atoms with E-state index in [1.807, 2.05) is 12.1 Å². The van der Waals surface area contributed by atoms with Crippen LogP contribution in [0.15, 0.2) is 30.3 Å². The molecule has 15 heavy (non-hydrogen) atoms. The molecule has 0 bridgehead atoms. The molecule has 0 saturated heterocycles. The molecule has 2 rings (SSSR count). The Balaban J connectivity index is 2.15. The van der Waals surface area contributed by atoms with Crippen molar-refractivity contribution in [2.75, 3.05) is 0 Å². The Labute approximate surface area is 89.2 Å². The summed E-state index contributed by atoms with van der Waals surface area (Å²) in [5.41, 5.74) is 2.48. The Morgan fingerprint density at radius 3 is 2.93 bits per heavy atom. The van der Waals surface area contributed by atoms with Crippen LogP contribution < -0.4 is 0 Å². The summed E-state index contributed by atoms with van der Waals surface area (Å²) in [6.07, 6.45) is 4.86. The molecule has 1 aromatic rings.